The van der Waals surface area contributed by atoms with Gasteiger partial charge in [0.2, 0.25) is 21.2 Å². The number of piperidine rings is 1. The normalized spacial score (nSPS) is 14.6. The van der Waals surface area contributed by atoms with Gasteiger partial charge in [-0.1, -0.05) is 36.0 Å². The lowest BCUT2D eigenvalue weighted by Gasteiger charge is -2.26. The van der Waals surface area contributed by atoms with Gasteiger partial charge in [0.05, 0.1) is 16.7 Å². The van der Waals surface area contributed by atoms with E-state index in [1.807, 2.05) is 0 Å². The molecule has 0 aliphatic carbocycles. The second-order valence-electron chi connectivity index (χ2n) is 9.52. The van der Waals surface area contributed by atoms with Crippen LogP contribution in [0, 0.1) is 11.6 Å². The first-order valence-electron chi connectivity index (χ1n) is 13.1. The highest BCUT2D eigenvalue weighted by Crippen LogP contribution is 2.33. The molecule has 2 N–H and O–H groups in total. The molecule has 10 nitrogen and oxygen atoms in total. The summed E-state index contributed by atoms with van der Waals surface area (Å²) in [5.41, 5.74) is 0.232. The number of ether oxygens (including phenoxy) is 2. The summed E-state index contributed by atoms with van der Waals surface area (Å²) in [6, 6.07) is 13.9. The van der Waals surface area contributed by atoms with Gasteiger partial charge < -0.3 is 14.6 Å². The molecule has 1 aliphatic rings. The number of carbonyl (C=O) groups excluding carboxylic acids is 1. The smallest absolute Gasteiger partial charge is 0.335 e. The number of anilines is 1. The third-order valence-corrected chi connectivity index (χ3v) is 9.23. The van der Waals surface area contributed by atoms with Crippen LogP contribution >= 0.6 is 11.3 Å². The number of thiazole rings is 1. The van der Waals surface area contributed by atoms with E-state index in [0.29, 0.717) is 19.2 Å². The average molecular weight is 630 g/mol. The molecular weight excluding hydrogens is 604 g/mol. The molecule has 1 amide bonds. The van der Waals surface area contributed by atoms with E-state index in [2.05, 4.69) is 10.3 Å². The average Bonchev–Trinajstić information content (AvgIpc) is 3.43. The molecule has 1 saturated heterocycles. The van der Waals surface area contributed by atoms with E-state index in [4.69, 9.17) is 9.47 Å². The van der Waals surface area contributed by atoms with Crippen LogP contribution in [0.4, 0.5) is 13.9 Å². The summed E-state index contributed by atoms with van der Waals surface area (Å²) < 4.78 is 66.9. The van der Waals surface area contributed by atoms with Gasteiger partial charge in [0.1, 0.15) is 11.6 Å². The highest BCUT2D eigenvalue weighted by Gasteiger charge is 2.29. The molecule has 4 aromatic rings. The van der Waals surface area contributed by atoms with Crippen LogP contribution in [-0.4, -0.2) is 47.8 Å². The number of sulfonamides is 1. The molecule has 5 rings (SSSR count). The van der Waals surface area contributed by atoms with Crippen LogP contribution in [0.15, 0.2) is 77.8 Å². The Kier molecular flexibility index (Phi) is 8.99. The number of aromatic nitrogens is 1. The minimum absolute atomic E-state index is 0.0262. The largest absolute Gasteiger partial charge is 0.478 e. The van der Waals surface area contributed by atoms with Crippen molar-refractivity contribution in [1.29, 1.82) is 0 Å². The van der Waals surface area contributed by atoms with E-state index in [-0.39, 0.29) is 32.0 Å². The molecule has 1 aromatic heterocycles. The maximum absolute atomic E-state index is 14.5. The van der Waals surface area contributed by atoms with Crippen molar-refractivity contribution >= 4 is 38.4 Å². The lowest BCUT2D eigenvalue weighted by Crippen LogP contribution is -2.35. The number of carbonyl (C=O) groups is 2. The van der Waals surface area contributed by atoms with Crippen LogP contribution in [-0.2, 0) is 14.8 Å². The van der Waals surface area contributed by atoms with E-state index in [0.717, 1.165) is 42.7 Å². The zero-order valence-corrected chi connectivity index (χ0v) is 24.0. The highest BCUT2D eigenvalue weighted by atomic mass is 32.2. The molecule has 3 aromatic carbocycles. The van der Waals surface area contributed by atoms with Crippen molar-refractivity contribution in [2.45, 2.75) is 30.3 Å². The molecule has 0 bridgehead atoms. The van der Waals surface area contributed by atoms with Crippen molar-refractivity contribution in [3.63, 3.8) is 0 Å². The van der Waals surface area contributed by atoms with Crippen molar-refractivity contribution in [3.05, 3.63) is 95.7 Å². The SMILES string of the molecule is O=C(O)c1cccc(Oc2cnc(NC(=O)C(Oc3ccc(F)cc3F)c3ccc(S(=O)(=O)N4CCCCC4)cc3)s2)c1. The Labute approximate surface area is 249 Å². The maximum atomic E-state index is 14.5. The molecule has 1 fully saturated rings. The van der Waals surface area contributed by atoms with Crippen LogP contribution in [0.5, 0.6) is 16.6 Å². The van der Waals surface area contributed by atoms with Crippen LogP contribution in [0.3, 0.4) is 0 Å². The minimum atomic E-state index is -3.74. The monoisotopic (exact) mass is 629 g/mol. The molecule has 0 saturated carbocycles. The van der Waals surface area contributed by atoms with Crippen LogP contribution in [0.25, 0.3) is 0 Å². The summed E-state index contributed by atoms with van der Waals surface area (Å²) in [7, 11) is -3.74. The topological polar surface area (TPSA) is 135 Å². The number of benzene rings is 3. The van der Waals surface area contributed by atoms with Gasteiger partial charge in [0.15, 0.2) is 16.7 Å². The Morgan fingerprint density at radius 2 is 1.74 bits per heavy atom. The molecule has 43 heavy (non-hydrogen) atoms. The second kappa shape index (κ2) is 12.9. The molecule has 1 atom stereocenters. The molecule has 2 heterocycles. The molecule has 224 valence electrons. The lowest BCUT2D eigenvalue weighted by molar-refractivity contribution is -0.123. The van der Waals surface area contributed by atoms with Gasteiger partial charge in [-0.3, -0.25) is 10.1 Å². The lowest BCUT2D eigenvalue weighted by atomic mass is 10.1. The van der Waals surface area contributed by atoms with Gasteiger partial charge in [0.25, 0.3) is 5.91 Å². The number of carboxylic acids is 1. The maximum Gasteiger partial charge on any atom is 0.335 e. The summed E-state index contributed by atoms with van der Waals surface area (Å²) in [5, 5.41) is 12.1. The number of hydrogen-bond donors (Lipinski definition) is 2. The van der Waals surface area contributed by atoms with Crippen molar-refractivity contribution < 1.29 is 41.4 Å². The van der Waals surface area contributed by atoms with E-state index < -0.39 is 45.4 Å². The number of hydrogen-bond acceptors (Lipinski definition) is 8. The Balaban J connectivity index is 1.37. The Bertz CT molecular complexity index is 1740. The number of aromatic carboxylic acids is 1. The van der Waals surface area contributed by atoms with E-state index in [1.165, 1.54) is 53.0 Å². The summed E-state index contributed by atoms with van der Waals surface area (Å²) >= 11 is 0.939. The van der Waals surface area contributed by atoms with E-state index in [1.54, 1.807) is 6.07 Å². The fourth-order valence-electron chi connectivity index (χ4n) is 4.38. The standard InChI is InChI=1S/C29H25F2N3O7S2/c30-20-9-12-24(23(31)16-20)41-26(18-7-10-22(11-8-18)43(38,39)34-13-2-1-3-14-34)27(35)33-29-32-17-25(42-29)40-21-6-4-5-19(15-21)28(36)37/h4-12,15-17,26H,1-3,13-14H2,(H,36,37)(H,32,33,35). The van der Waals surface area contributed by atoms with Crippen molar-refractivity contribution in [1.82, 2.24) is 9.29 Å². The first-order chi connectivity index (χ1) is 20.6. The van der Waals surface area contributed by atoms with Gasteiger partial charge in [-0.25, -0.2) is 27.0 Å². The zero-order chi connectivity index (χ0) is 30.6. The summed E-state index contributed by atoms with van der Waals surface area (Å²) in [6.07, 6.45) is 2.35. The summed E-state index contributed by atoms with van der Waals surface area (Å²) in [6.45, 7) is 0.846. The molecule has 1 aliphatic heterocycles. The van der Waals surface area contributed by atoms with Crippen LogP contribution in [0.1, 0.15) is 41.3 Å². The highest BCUT2D eigenvalue weighted by molar-refractivity contribution is 7.89. The van der Waals surface area contributed by atoms with Crippen LogP contribution in [0.2, 0.25) is 0 Å². The van der Waals surface area contributed by atoms with E-state index in [9.17, 15) is 31.9 Å². The number of carboxylic acid groups (broad SMARTS) is 1. The van der Waals surface area contributed by atoms with Gasteiger partial charge in [-0.2, -0.15) is 4.31 Å². The quantitative estimate of drug-likeness (QED) is 0.223. The fraction of sp³-hybridized carbons (Fsp3) is 0.207. The Hall–Kier alpha value is -4.40. The van der Waals surface area contributed by atoms with Crippen molar-refractivity contribution in [3.8, 4) is 16.6 Å². The first kappa shape index (κ1) is 30.1. The molecule has 0 radical (unpaired) electrons. The predicted octanol–water partition coefficient (Wildman–Crippen LogP) is 5.85. The number of rotatable bonds is 10. The third kappa shape index (κ3) is 7.16. The number of nitrogens with one attached hydrogen (secondary N) is 1. The molecule has 0 spiro atoms. The molecule has 1 unspecified atom stereocenters. The third-order valence-electron chi connectivity index (χ3n) is 6.53. The Morgan fingerprint density at radius 3 is 2.44 bits per heavy atom. The Morgan fingerprint density at radius 1 is 1.00 bits per heavy atom. The van der Waals surface area contributed by atoms with Crippen molar-refractivity contribution in [2.24, 2.45) is 0 Å². The summed E-state index contributed by atoms with van der Waals surface area (Å²) in [5.74, 6) is -3.91. The summed E-state index contributed by atoms with van der Waals surface area (Å²) in [4.78, 5) is 28.8. The van der Waals surface area contributed by atoms with Crippen LogP contribution < -0.4 is 14.8 Å². The van der Waals surface area contributed by atoms with Gasteiger partial charge in [-0.15, -0.1) is 0 Å². The zero-order valence-electron chi connectivity index (χ0n) is 22.4. The molecule has 14 heteroatoms. The second-order valence-corrected chi connectivity index (χ2v) is 12.4. The van der Waals surface area contributed by atoms with Crippen molar-refractivity contribution in [2.75, 3.05) is 18.4 Å². The minimum Gasteiger partial charge on any atom is -0.478 e. The van der Waals surface area contributed by atoms with E-state index >= 15 is 0 Å². The number of amides is 1. The molecular formula is C29H25F2N3O7S2. The van der Waals surface area contributed by atoms with Gasteiger partial charge in [0, 0.05) is 24.7 Å². The first-order valence-corrected chi connectivity index (χ1v) is 15.4. The van der Waals surface area contributed by atoms with Gasteiger partial charge >= 0.3 is 5.97 Å². The number of nitrogens with zero attached hydrogens (tertiary/aromatic N) is 2. The fourth-order valence-corrected chi connectivity index (χ4v) is 6.59. The predicted molar refractivity (Wildman–Crippen MR) is 153 cm³/mol. The van der Waals surface area contributed by atoms with Gasteiger partial charge in [-0.05, 0) is 55.3 Å². The number of halogens is 2.